The maximum absolute atomic E-state index is 12.9. The van der Waals surface area contributed by atoms with E-state index in [9.17, 15) is 9.59 Å². The van der Waals surface area contributed by atoms with E-state index in [1.54, 1.807) is 23.2 Å². The number of pyridine rings is 1. The van der Waals surface area contributed by atoms with Gasteiger partial charge in [-0.25, -0.2) is 0 Å². The minimum atomic E-state index is -0.129. The second-order valence-corrected chi connectivity index (χ2v) is 7.19. The van der Waals surface area contributed by atoms with Crippen molar-refractivity contribution in [1.29, 1.82) is 0 Å². The van der Waals surface area contributed by atoms with Gasteiger partial charge in [0.05, 0.1) is 17.2 Å². The Bertz CT molecular complexity index is 816. The van der Waals surface area contributed by atoms with E-state index in [1.165, 1.54) is 0 Å². The van der Waals surface area contributed by atoms with E-state index < -0.39 is 0 Å². The van der Waals surface area contributed by atoms with Crippen LogP contribution in [-0.2, 0) is 6.42 Å². The number of amides is 2. The Kier molecular flexibility index (Phi) is 3.25. The Morgan fingerprint density at radius 3 is 2.48 bits per heavy atom. The predicted octanol–water partition coefficient (Wildman–Crippen LogP) is 1.99. The normalized spacial score (nSPS) is 30.2. The van der Waals surface area contributed by atoms with Gasteiger partial charge in [0.25, 0.3) is 11.8 Å². The fourth-order valence-electron chi connectivity index (χ4n) is 4.80. The standard InChI is InChI=1S/C20H19N3O2/c24-19-15-5-1-2-6-16(15)20(25)23(19)18-14-7-9-22(12-14)17(18)10-13-4-3-8-21-11-13/h1-6,8,11,14,17-18H,7,9-10,12H2. The number of benzene rings is 1. The molecule has 2 aromatic rings. The van der Waals surface area contributed by atoms with Gasteiger partial charge in [-0.15, -0.1) is 0 Å². The van der Waals surface area contributed by atoms with Crippen LogP contribution in [0.25, 0.3) is 0 Å². The third-order valence-electron chi connectivity index (χ3n) is 5.89. The number of carbonyl (C=O) groups excluding carboxylic acids is 2. The van der Waals surface area contributed by atoms with Gasteiger partial charge in [0, 0.05) is 25.0 Å². The lowest BCUT2D eigenvalue weighted by atomic mass is 9.89. The highest BCUT2D eigenvalue weighted by molar-refractivity contribution is 6.21. The van der Waals surface area contributed by atoms with Gasteiger partial charge < -0.3 is 0 Å². The molecule has 3 aliphatic heterocycles. The zero-order valence-corrected chi connectivity index (χ0v) is 13.8. The Hall–Kier alpha value is -2.53. The number of carbonyl (C=O) groups is 2. The molecule has 1 aromatic carbocycles. The minimum absolute atomic E-state index is 0.0404. The van der Waals surface area contributed by atoms with Crippen molar-refractivity contribution in [2.24, 2.45) is 5.92 Å². The lowest BCUT2D eigenvalue weighted by Crippen LogP contribution is -2.53. The number of nitrogens with zero attached hydrogens (tertiary/aromatic N) is 3. The van der Waals surface area contributed by atoms with Crippen molar-refractivity contribution >= 4 is 11.8 Å². The van der Waals surface area contributed by atoms with Crippen LogP contribution in [0.1, 0.15) is 32.7 Å². The quantitative estimate of drug-likeness (QED) is 0.806. The van der Waals surface area contributed by atoms with Gasteiger partial charge in [-0.3, -0.25) is 24.4 Å². The molecule has 5 heteroatoms. The van der Waals surface area contributed by atoms with Crippen LogP contribution >= 0.6 is 0 Å². The molecule has 5 nitrogen and oxygen atoms in total. The summed E-state index contributed by atoms with van der Waals surface area (Å²) in [7, 11) is 0. The van der Waals surface area contributed by atoms with E-state index in [-0.39, 0.29) is 23.9 Å². The van der Waals surface area contributed by atoms with Gasteiger partial charge in [-0.05, 0) is 49.1 Å². The molecular formula is C20H19N3O2. The molecule has 2 bridgehead atoms. The zero-order valence-electron chi connectivity index (χ0n) is 13.8. The fourth-order valence-corrected chi connectivity index (χ4v) is 4.80. The smallest absolute Gasteiger partial charge is 0.261 e. The molecule has 5 rings (SSSR count). The van der Waals surface area contributed by atoms with Gasteiger partial charge in [0.2, 0.25) is 0 Å². The first-order valence-corrected chi connectivity index (χ1v) is 8.84. The molecule has 4 unspecified atom stereocenters. The first kappa shape index (κ1) is 14.8. The second-order valence-electron chi connectivity index (χ2n) is 7.19. The number of aromatic nitrogens is 1. The SMILES string of the molecule is O=C1c2ccccc2C(=O)N1C1C2CCN(C2)C1Cc1cccnc1. The minimum Gasteiger partial charge on any atom is -0.298 e. The predicted molar refractivity (Wildman–Crippen MR) is 92.1 cm³/mol. The lowest BCUT2D eigenvalue weighted by Gasteiger charge is -2.37. The molecule has 2 amide bonds. The Labute approximate surface area is 146 Å². The maximum Gasteiger partial charge on any atom is 0.261 e. The topological polar surface area (TPSA) is 53.5 Å². The first-order valence-electron chi connectivity index (χ1n) is 8.84. The van der Waals surface area contributed by atoms with Crippen LogP contribution in [0.2, 0.25) is 0 Å². The van der Waals surface area contributed by atoms with Gasteiger partial charge in [-0.2, -0.15) is 0 Å². The number of piperidine rings is 1. The highest BCUT2D eigenvalue weighted by Gasteiger charge is 2.53. The Morgan fingerprint density at radius 2 is 1.80 bits per heavy atom. The number of hydrogen-bond acceptors (Lipinski definition) is 4. The van der Waals surface area contributed by atoms with E-state index in [0.717, 1.165) is 31.5 Å². The van der Waals surface area contributed by atoms with Crippen molar-refractivity contribution in [2.45, 2.75) is 24.9 Å². The van der Waals surface area contributed by atoms with Crippen LogP contribution in [0.3, 0.4) is 0 Å². The summed E-state index contributed by atoms with van der Waals surface area (Å²) in [5, 5.41) is 0. The van der Waals surface area contributed by atoms with Crippen LogP contribution in [-0.4, -0.2) is 51.8 Å². The van der Waals surface area contributed by atoms with Crippen molar-refractivity contribution in [3.05, 3.63) is 65.5 Å². The van der Waals surface area contributed by atoms with Crippen LogP contribution in [0.5, 0.6) is 0 Å². The average Bonchev–Trinajstić information content (AvgIpc) is 3.31. The van der Waals surface area contributed by atoms with E-state index in [0.29, 0.717) is 17.0 Å². The molecule has 3 aliphatic rings. The van der Waals surface area contributed by atoms with E-state index in [1.807, 2.05) is 24.4 Å². The third-order valence-corrected chi connectivity index (χ3v) is 5.89. The van der Waals surface area contributed by atoms with E-state index in [2.05, 4.69) is 16.0 Å². The molecule has 0 spiro atoms. The van der Waals surface area contributed by atoms with Gasteiger partial charge in [0.1, 0.15) is 0 Å². The second kappa shape index (κ2) is 5.49. The van der Waals surface area contributed by atoms with Crippen molar-refractivity contribution in [3.63, 3.8) is 0 Å². The van der Waals surface area contributed by atoms with E-state index in [4.69, 9.17) is 0 Å². The monoisotopic (exact) mass is 333 g/mol. The summed E-state index contributed by atoms with van der Waals surface area (Å²) in [5.74, 6) is 0.120. The summed E-state index contributed by atoms with van der Waals surface area (Å²) in [6.45, 7) is 2.03. The highest BCUT2D eigenvalue weighted by Crippen LogP contribution is 2.41. The summed E-state index contributed by atoms with van der Waals surface area (Å²) in [6, 6.07) is 11.3. The summed E-state index contributed by atoms with van der Waals surface area (Å²) in [4.78, 5) is 34.1. The fraction of sp³-hybridized carbons (Fsp3) is 0.350. The molecule has 0 radical (unpaired) electrons. The number of hydrogen-bond donors (Lipinski definition) is 0. The van der Waals surface area contributed by atoms with Gasteiger partial charge in [0.15, 0.2) is 0 Å². The molecule has 1 aromatic heterocycles. The number of imide groups is 1. The van der Waals surface area contributed by atoms with Crippen LogP contribution in [0.15, 0.2) is 48.8 Å². The number of fused-ring (bicyclic) bond motifs is 3. The molecule has 4 heterocycles. The Balaban J connectivity index is 1.50. The summed E-state index contributed by atoms with van der Waals surface area (Å²) < 4.78 is 0. The summed E-state index contributed by atoms with van der Waals surface area (Å²) in [5.41, 5.74) is 2.25. The molecule has 25 heavy (non-hydrogen) atoms. The average molecular weight is 333 g/mol. The van der Waals surface area contributed by atoms with Crippen LogP contribution in [0.4, 0.5) is 0 Å². The maximum atomic E-state index is 12.9. The van der Waals surface area contributed by atoms with Crippen molar-refractivity contribution in [3.8, 4) is 0 Å². The molecule has 2 saturated heterocycles. The highest BCUT2D eigenvalue weighted by atomic mass is 16.2. The largest absolute Gasteiger partial charge is 0.298 e. The summed E-state index contributed by atoms with van der Waals surface area (Å²) in [6.07, 6.45) is 5.53. The zero-order chi connectivity index (χ0) is 17.0. The lowest BCUT2D eigenvalue weighted by molar-refractivity contribution is 0.0467. The number of rotatable bonds is 3. The third kappa shape index (κ3) is 2.15. The summed E-state index contributed by atoms with van der Waals surface area (Å²) >= 11 is 0. The van der Waals surface area contributed by atoms with Crippen LogP contribution < -0.4 is 0 Å². The molecular weight excluding hydrogens is 314 g/mol. The Morgan fingerprint density at radius 1 is 1.04 bits per heavy atom. The molecule has 2 fully saturated rings. The van der Waals surface area contributed by atoms with Gasteiger partial charge in [-0.1, -0.05) is 18.2 Å². The van der Waals surface area contributed by atoms with Crippen LogP contribution in [0, 0.1) is 5.92 Å². The molecule has 0 aliphatic carbocycles. The van der Waals surface area contributed by atoms with E-state index >= 15 is 0 Å². The molecule has 126 valence electrons. The van der Waals surface area contributed by atoms with Crippen molar-refractivity contribution in [2.75, 3.05) is 13.1 Å². The van der Waals surface area contributed by atoms with Crippen molar-refractivity contribution < 1.29 is 9.59 Å². The molecule has 0 saturated carbocycles. The molecule has 0 N–H and O–H groups in total. The molecule has 4 atom stereocenters. The van der Waals surface area contributed by atoms with Gasteiger partial charge >= 0.3 is 0 Å². The van der Waals surface area contributed by atoms with Crippen molar-refractivity contribution in [1.82, 2.24) is 14.8 Å². The first-order chi connectivity index (χ1) is 12.2.